The standard InChI is InChI=1S/C12H18N2O2/c1-4-9(2)8-14(3)10-5-6-13-11(7-10)12(15)16/h5-7,9H,4,8H2,1-3H3,(H,15,16). The zero-order valence-electron chi connectivity index (χ0n) is 9.97. The van der Waals surface area contributed by atoms with E-state index in [0.29, 0.717) is 5.92 Å². The van der Waals surface area contributed by atoms with E-state index >= 15 is 0 Å². The predicted molar refractivity (Wildman–Crippen MR) is 63.9 cm³/mol. The van der Waals surface area contributed by atoms with Gasteiger partial charge < -0.3 is 10.0 Å². The maximum Gasteiger partial charge on any atom is 0.354 e. The first-order chi connectivity index (χ1) is 7.54. The van der Waals surface area contributed by atoms with Crippen molar-refractivity contribution in [3.63, 3.8) is 0 Å². The number of hydrogen-bond donors (Lipinski definition) is 1. The van der Waals surface area contributed by atoms with Crippen molar-refractivity contribution in [1.82, 2.24) is 4.98 Å². The zero-order valence-corrected chi connectivity index (χ0v) is 9.97. The normalized spacial score (nSPS) is 12.2. The van der Waals surface area contributed by atoms with E-state index in [1.807, 2.05) is 13.1 Å². The van der Waals surface area contributed by atoms with Gasteiger partial charge in [-0.15, -0.1) is 0 Å². The molecule has 1 N–H and O–H groups in total. The second-order valence-corrected chi connectivity index (χ2v) is 4.10. The molecule has 0 aromatic carbocycles. The van der Waals surface area contributed by atoms with Crippen molar-refractivity contribution in [2.45, 2.75) is 20.3 Å². The number of carbonyl (C=O) groups is 1. The third kappa shape index (κ3) is 3.22. The smallest absolute Gasteiger partial charge is 0.354 e. The van der Waals surface area contributed by atoms with E-state index in [2.05, 4.69) is 23.7 Å². The van der Waals surface area contributed by atoms with Crippen LogP contribution in [0.15, 0.2) is 18.3 Å². The first kappa shape index (κ1) is 12.5. The van der Waals surface area contributed by atoms with Crippen LogP contribution in [0.2, 0.25) is 0 Å². The molecule has 1 unspecified atom stereocenters. The van der Waals surface area contributed by atoms with Gasteiger partial charge in [0.25, 0.3) is 0 Å². The summed E-state index contributed by atoms with van der Waals surface area (Å²) in [6, 6.07) is 3.43. The monoisotopic (exact) mass is 222 g/mol. The van der Waals surface area contributed by atoms with Crippen LogP contribution in [-0.4, -0.2) is 29.7 Å². The SMILES string of the molecule is CCC(C)CN(C)c1ccnc(C(=O)O)c1. The van der Waals surface area contributed by atoms with E-state index in [-0.39, 0.29) is 5.69 Å². The topological polar surface area (TPSA) is 53.4 Å². The summed E-state index contributed by atoms with van der Waals surface area (Å²) >= 11 is 0. The van der Waals surface area contributed by atoms with Crippen molar-refractivity contribution in [1.29, 1.82) is 0 Å². The minimum atomic E-state index is -0.987. The molecule has 1 aromatic rings. The van der Waals surface area contributed by atoms with Crippen molar-refractivity contribution < 1.29 is 9.90 Å². The second-order valence-electron chi connectivity index (χ2n) is 4.10. The number of anilines is 1. The van der Waals surface area contributed by atoms with Crippen LogP contribution in [0.25, 0.3) is 0 Å². The molecule has 0 fully saturated rings. The molecule has 0 amide bonds. The molecule has 1 heterocycles. The Labute approximate surface area is 95.9 Å². The summed E-state index contributed by atoms with van der Waals surface area (Å²) in [7, 11) is 1.97. The Hall–Kier alpha value is -1.58. The highest BCUT2D eigenvalue weighted by Gasteiger charge is 2.09. The molecule has 1 atom stereocenters. The number of pyridine rings is 1. The first-order valence-electron chi connectivity index (χ1n) is 5.45. The van der Waals surface area contributed by atoms with Crippen molar-refractivity contribution >= 4 is 11.7 Å². The number of aromatic nitrogens is 1. The lowest BCUT2D eigenvalue weighted by atomic mass is 10.1. The average molecular weight is 222 g/mol. The molecule has 0 aliphatic heterocycles. The maximum absolute atomic E-state index is 10.8. The second kappa shape index (κ2) is 5.49. The first-order valence-corrected chi connectivity index (χ1v) is 5.45. The van der Waals surface area contributed by atoms with Crippen LogP contribution in [0.1, 0.15) is 30.8 Å². The minimum absolute atomic E-state index is 0.0912. The molecule has 4 heteroatoms. The Bertz CT molecular complexity index is 366. The number of carboxylic acid groups (broad SMARTS) is 1. The lowest BCUT2D eigenvalue weighted by Gasteiger charge is -2.22. The third-order valence-corrected chi connectivity index (χ3v) is 2.69. The minimum Gasteiger partial charge on any atom is -0.477 e. The summed E-state index contributed by atoms with van der Waals surface area (Å²) in [5.41, 5.74) is 0.987. The molecule has 4 nitrogen and oxygen atoms in total. The highest BCUT2D eigenvalue weighted by atomic mass is 16.4. The van der Waals surface area contributed by atoms with Gasteiger partial charge in [-0.1, -0.05) is 20.3 Å². The van der Waals surface area contributed by atoms with E-state index in [0.717, 1.165) is 18.7 Å². The lowest BCUT2D eigenvalue weighted by molar-refractivity contribution is 0.0690. The molecule has 88 valence electrons. The molecule has 0 saturated carbocycles. The van der Waals surface area contributed by atoms with Gasteiger partial charge in [-0.3, -0.25) is 0 Å². The van der Waals surface area contributed by atoms with Crippen LogP contribution in [0.4, 0.5) is 5.69 Å². The van der Waals surface area contributed by atoms with Crippen LogP contribution < -0.4 is 4.90 Å². The Kier molecular flexibility index (Phi) is 4.28. The zero-order chi connectivity index (χ0) is 12.1. The van der Waals surface area contributed by atoms with E-state index in [4.69, 9.17) is 5.11 Å². The van der Waals surface area contributed by atoms with Gasteiger partial charge in [0.2, 0.25) is 0 Å². The van der Waals surface area contributed by atoms with Crippen molar-refractivity contribution in [2.24, 2.45) is 5.92 Å². The number of hydrogen-bond acceptors (Lipinski definition) is 3. The van der Waals surface area contributed by atoms with Crippen LogP contribution in [-0.2, 0) is 0 Å². The maximum atomic E-state index is 10.8. The molecule has 16 heavy (non-hydrogen) atoms. The molecule has 0 radical (unpaired) electrons. The average Bonchev–Trinajstić information content (AvgIpc) is 2.28. The van der Waals surface area contributed by atoms with Gasteiger partial charge in [0.1, 0.15) is 5.69 Å². The fourth-order valence-electron chi connectivity index (χ4n) is 1.48. The van der Waals surface area contributed by atoms with Crippen LogP contribution in [0.3, 0.4) is 0 Å². The number of nitrogens with zero attached hydrogens (tertiary/aromatic N) is 2. The van der Waals surface area contributed by atoms with Gasteiger partial charge in [0.05, 0.1) is 0 Å². The molecular formula is C12H18N2O2. The molecule has 0 saturated heterocycles. The van der Waals surface area contributed by atoms with Crippen LogP contribution in [0.5, 0.6) is 0 Å². The van der Waals surface area contributed by atoms with Crippen LogP contribution in [0, 0.1) is 5.92 Å². The highest BCUT2D eigenvalue weighted by molar-refractivity contribution is 5.86. The van der Waals surface area contributed by atoms with Gasteiger partial charge in [-0.25, -0.2) is 9.78 Å². The third-order valence-electron chi connectivity index (χ3n) is 2.69. The summed E-state index contributed by atoms with van der Waals surface area (Å²) in [4.78, 5) is 16.6. The van der Waals surface area contributed by atoms with Gasteiger partial charge in [0, 0.05) is 25.5 Å². The largest absolute Gasteiger partial charge is 0.477 e. The van der Waals surface area contributed by atoms with E-state index < -0.39 is 5.97 Å². The van der Waals surface area contributed by atoms with Gasteiger partial charge >= 0.3 is 5.97 Å². The molecular weight excluding hydrogens is 204 g/mol. The van der Waals surface area contributed by atoms with Crippen molar-refractivity contribution in [3.8, 4) is 0 Å². The number of carboxylic acids is 1. The Morgan fingerprint density at radius 2 is 2.31 bits per heavy atom. The summed E-state index contributed by atoms with van der Waals surface area (Å²) in [5.74, 6) is -0.398. The van der Waals surface area contributed by atoms with Crippen molar-refractivity contribution in [2.75, 3.05) is 18.5 Å². The van der Waals surface area contributed by atoms with Gasteiger partial charge in [0.15, 0.2) is 0 Å². The summed E-state index contributed by atoms with van der Waals surface area (Å²) in [6.45, 7) is 5.24. The van der Waals surface area contributed by atoms with Gasteiger partial charge in [-0.05, 0) is 18.1 Å². The highest BCUT2D eigenvalue weighted by Crippen LogP contribution is 2.15. The summed E-state index contributed by atoms with van der Waals surface area (Å²) < 4.78 is 0. The Balaban J connectivity index is 2.79. The molecule has 0 aliphatic carbocycles. The number of rotatable bonds is 5. The quantitative estimate of drug-likeness (QED) is 0.830. The van der Waals surface area contributed by atoms with E-state index in [1.165, 1.54) is 6.20 Å². The number of aromatic carboxylic acids is 1. The molecule has 1 aromatic heterocycles. The molecule has 0 aliphatic rings. The van der Waals surface area contributed by atoms with Gasteiger partial charge in [-0.2, -0.15) is 0 Å². The molecule has 0 bridgehead atoms. The molecule has 0 spiro atoms. The Morgan fingerprint density at radius 1 is 1.62 bits per heavy atom. The van der Waals surface area contributed by atoms with E-state index in [1.54, 1.807) is 6.07 Å². The summed E-state index contributed by atoms with van der Waals surface area (Å²) in [5, 5.41) is 8.84. The molecule has 1 rings (SSSR count). The van der Waals surface area contributed by atoms with Crippen molar-refractivity contribution in [3.05, 3.63) is 24.0 Å². The fourth-order valence-corrected chi connectivity index (χ4v) is 1.48. The lowest BCUT2D eigenvalue weighted by Crippen LogP contribution is -2.23. The predicted octanol–water partition coefficient (Wildman–Crippen LogP) is 2.26. The summed E-state index contributed by atoms with van der Waals surface area (Å²) in [6.07, 6.45) is 2.65. The fraction of sp³-hybridized carbons (Fsp3) is 0.500. The van der Waals surface area contributed by atoms with E-state index in [9.17, 15) is 4.79 Å². The van der Waals surface area contributed by atoms with Crippen LogP contribution >= 0.6 is 0 Å². The Morgan fingerprint density at radius 3 is 2.88 bits per heavy atom.